The normalized spacial score (nSPS) is 11.4. The molecule has 1 amide bonds. The number of carbonyl (C=O) groups is 2. The SMILES string of the molecule is CCc1c(C(=O)Nc2cc(S(=O)(=O)NC)ccc2C)[nH]c(C)c1C(C)=O. The molecule has 26 heavy (non-hydrogen) atoms. The van der Waals surface area contributed by atoms with Crippen LogP contribution in [0.1, 0.15) is 51.5 Å². The maximum absolute atomic E-state index is 12.7. The summed E-state index contributed by atoms with van der Waals surface area (Å²) in [7, 11) is -2.29. The van der Waals surface area contributed by atoms with E-state index in [1.165, 1.54) is 26.1 Å². The third-order valence-electron chi connectivity index (χ3n) is 4.26. The van der Waals surface area contributed by atoms with Gasteiger partial charge in [0.15, 0.2) is 5.78 Å². The molecule has 1 aromatic heterocycles. The Balaban J connectivity index is 2.44. The van der Waals surface area contributed by atoms with Gasteiger partial charge in [-0.3, -0.25) is 9.59 Å². The summed E-state index contributed by atoms with van der Waals surface area (Å²) >= 11 is 0. The number of benzene rings is 1. The molecule has 0 spiro atoms. The molecule has 0 aliphatic heterocycles. The van der Waals surface area contributed by atoms with Crippen LogP contribution in [0.5, 0.6) is 0 Å². The van der Waals surface area contributed by atoms with Crippen LogP contribution in [0.2, 0.25) is 0 Å². The van der Waals surface area contributed by atoms with Crippen molar-refractivity contribution in [2.24, 2.45) is 0 Å². The standard InChI is InChI=1S/C18H23N3O4S/c1-6-14-16(12(4)22)11(3)20-17(14)18(23)21-15-9-13(8-7-10(15)2)26(24,25)19-5/h7-9,19-20H,6H2,1-5H3,(H,21,23). The number of anilines is 1. The number of carbonyl (C=O) groups excluding carboxylic acids is 2. The Morgan fingerprint density at radius 1 is 1.19 bits per heavy atom. The molecule has 0 saturated carbocycles. The molecule has 3 N–H and O–H groups in total. The molecule has 0 bridgehead atoms. The van der Waals surface area contributed by atoms with Gasteiger partial charge < -0.3 is 10.3 Å². The van der Waals surface area contributed by atoms with Crippen molar-refractivity contribution in [2.75, 3.05) is 12.4 Å². The van der Waals surface area contributed by atoms with Gasteiger partial charge in [-0.1, -0.05) is 13.0 Å². The number of amides is 1. The van der Waals surface area contributed by atoms with Crippen molar-refractivity contribution in [3.63, 3.8) is 0 Å². The summed E-state index contributed by atoms with van der Waals surface area (Å²) in [6.07, 6.45) is 0.523. The fourth-order valence-corrected chi connectivity index (χ4v) is 3.66. The summed E-state index contributed by atoms with van der Waals surface area (Å²) in [5.41, 5.74) is 3.26. The molecule has 8 heteroatoms. The number of hydrogen-bond donors (Lipinski definition) is 3. The van der Waals surface area contributed by atoms with Crippen LogP contribution in [0.15, 0.2) is 23.1 Å². The molecule has 0 unspecified atom stereocenters. The van der Waals surface area contributed by atoms with Crippen molar-refractivity contribution in [1.29, 1.82) is 0 Å². The lowest BCUT2D eigenvalue weighted by Gasteiger charge is -2.11. The maximum atomic E-state index is 12.7. The number of Topliss-reactive ketones (excluding diaryl/α,β-unsaturated/α-hetero) is 1. The first kappa shape index (κ1) is 19.9. The first-order valence-corrected chi connectivity index (χ1v) is 9.68. The predicted molar refractivity (Wildman–Crippen MR) is 100 cm³/mol. The lowest BCUT2D eigenvalue weighted by molar-refractivity contribution is 0.101. The van der Waals surface area contributed by atoms with Crippen LogP contribution in [0, 0.1) is 13.8 Å². The number of aromatic nitrogens is 1. The van der Waals surface area contributed by atoms with Crippen molar-refractivity contribution in [3.05, 3.63) is 46.3 Å². The largest absolute Gasteiger partial charge is 0.354 e. The topological polar surface area (TPSA) is 108 Å². The smallest absolute Gasteiger partial charge is 0.272 e. The van der Waals surface area contributed by atoms with E-state index in [9.17, 15) is 18.0 Å². The van der Waals surface area contributed by atoms with Crippen LogP contribution >= 0.6 is 0 Å². The van der Waals surface area contributed by atoms with E-state index in [1.807, 2.05) is 6.92 Å². The highest BCUT2D eigenvalue weighted by molar-refractivity contribution is 7.89. The summed E-state index contributed by atoms with van der Waals surface area (Å²) in [5.74, 6) is -0.521. The quantitative estimate of drug-likeness (QED) is 0.672. The van der Waals surface area contributed by atoms with Crippen LogP contribution in [0.4, 0.5) is 5.69 Å². The van der Waals surface area contributed by atoms with Crippen molar-refractivity contribution >= 4 is 27.4 Å². The Bertz CT molecular complexity index is 975. The fraction of sp³-hybridized carbons (Fsp3) is 0.333. The minimum atomic E-state index is -3.62. The molecule has 2 aromatic rings. The van der Waals surface area contributed by atoms with Gasteiger partial charge in [-0.05, 0) is 57.5 Å². The lowest BCUT2D eigenvalue weighted by Crippen LogP contribution is -2.20. The van der Waals surface area contributed by atoms with E-state index in [1.54, 1.807) is 19.9 Å². The van der Waals surface area contributed by atoms with E-state index in [2.05, 4.69) is 15.0 Å². The van der Waals surface area contributed by atoms with E-state index in [-0.39, 0.29) is 10.7 Å². The molecule has 1 heterocycles. The van der Waals surface area contributed by atoms with Crippen LogP contribution in [-0.2, 0) is 16.4 Å². The summed E-state index contributed by atoms with van der Waals surface area (Å²) in [6, 6.07) is 4.51. The number of nitrogens with one attached hydrogen (secondary N) is 3. The van der Waals surface area contributed by atoms with Crippen LogP contribution in [-0.4, -0.2) is 32.1 Å². The van der Waals surface area contributed by atoms with E-state index < -0.39 is 15.9 Å². The van der Waals surface area contributed by atoms with Gasteiger partial charge in [-0.2, -0.15) is 0 Å². The molecule has 0 fully saturated rings. The van der Waals surface area contributed by atoms with E-state index in [0.717, 1.165) is 5.56 Å². The number of aromatic amines is 1. The monoisotopic (exact) mass is 377 g/mol. The van der Waals surface area contributed by atoms with Gasteiger partial charge in [0.25, 0.3) is 5.91 Å². The molecule has 1 aromatic carbocycles. The highest BCUT2D eigenvalue weighted by Gasteiger charge is 2.22. The Morgan fingerprint density at radius 2 is 1.85 bits per heavy atom. The number of aryl methyl sites for hydroxylation is 2. The predicted octanol–water partition coefficient (Wildman–Crippen LogP) is 2.56. The molecular formula is C18H23N3O4S. The molecule has 0 aliphatic carbocycles. The van der Waals surface area contributed by atoms with Crippen molar-refractivity contribution in [3.8, 4) is 0 Å². The number of H-pyrrole nitrogens is 1. The second-order valence-electron chi connectivity index (χ2n) is 6.03. The highest BCUT2D eigenvalue weighted by atomic mass is 32.2. The summed E-state index contributed by atoms with van der Waals surface area (Å²) in [6.45, 7) is 6.86. The number of rotatable bonds is 6. The van der Waals surface area contributed by atoms with E-state index >= 15 is 0 Å². The van der Waals surface area contributed by atoms with Crippen molar-refractivity contribution < 1.29 is 18.0 Å². The van der Waals surface area contributed by atoms with Crippen LogP contribution in [0.25, 0.3) is 0 Å². The first-order chi connectivity index (χ1) is 12.1. The Kier molecular flexibility index (Phi) is 5.68. The first-order valence-electron chi connectivity index (χ1n) is 8.20. The lowest BCUT2D eigenvalue weighted by atomic mass is 10.0. The van der Waals surface area contributed by atoms with Gasteiger partial charge in [0.1, 0.15) is 5.69 Å². The van der Waals surface area contributed by atoms with Gasteiger partial charge in [-0.15, -0.1) is 0 Å². The molecule has 2 rings (SSSR count). The Morgan fingerprint density at radius 3 is 2.38 bits per heavy atom. The molecule has 0 atom stereocenters. The molecule has 140 valence electrons. The number of hydrogen-bond acceptors (Lipinski definition) is 4. The average Bonchev–Trinajstić information content (AvgIpc) is 2.93. The summed E-state index contributed by atoms with van der Waals surface area (Å²) < 4.78 is 26.2. The second-order valence-corrected chi connectivity index (χ2v) is 7.91. The number of ketones is 1. The molecule has 0 saturated heterocycles. The van der Waals surface area contributed by atoms with Crippen molar-refractivity contribution in [2.45, 2.75) is 39.0 Å². The minimum Gasteiger partial charge on any atom is -0.354 e. The zero-order chi connectivity index (χ0) is 19.6. The third-order valence-corrected chi connectivity index (χ3v) is 5.67. The van der Waals surface area contributed by atoms with Crippen LogP contribution in [0.3, 0.4) is 0 Å². The molecule has 0 aliphatic rings. The molecule has 7 nitrogen and oxygen atoms in total. The zero-order valence-electron chi connectivity index (χ0n) is 15.5. The Labute approximate surface area is 153 Å². The van der Waals surface area contributed by atoms with Crippen molar-refractivity contribution in [1.82, 2.24) is 9.71 Å². The fourth-order valence-electron chi connectivity index (χ4n) is 2.91. The Hall–Kier alpha value is -2.45. The van der Waals surface area contributed by atoms with Gasteiger partial charge in [0, 0.05) is 16.9 Å². The van der Waals surface area contributed by atoms with Gasteiger partial charge in [0.2, 0.25) is 10.0 Å². The van der Waals surface area contributed by atoms with Gasteiger partial charge in [0.05, 0.1) is 4.90 Å². The highest BCUT2D eigenvalue weighted by Crippen LogP contribution is 2.24. The van der Waals surface area contributed by atoms with E-state index in [0.29, 0.717) is 34.6 Å². The summed E-state index contributed by atoms with van der Waals surface area (Å²) in [4.78, 5) is 27.6. The van der Waals surface area contributed by atoms with Gasteiger partial charge in [-0.25, -0.2) is 13.1 Å². The maximum Gasteiger partial charge on any atom is 0.272 e. The second kappa shape index (κ2) is 7.43. The van der Waals surface area contributed by atoms with Crippen LogP contribution < -0.4 is 10.0 Å². The van der Waals surface area contributed by atoms with E-state index in [4.69, 9.17) is 0 Å². The molecule has 0 radical (unpaired) electrons. The zero-order valence-corrected chi connectivity index (χ0v) is 16.3. The third kappa shape index (κ3) is 3.71. The van der Waals surface area contributed by atoms with Gasteiger partial charge >= 0.3 is 0 Å². The molecular weight excluding hydrogens is 354 g/mol. The number of sulfonamides is 1. The minimum absolute atomic E-state index is 0.0590. The average molecular weight is 377 g/mol. The summed E-state index contributed by atoms with van der Waals surface area (Å²) in [5, 5.41) is 2.74.